The molecule has 4 aromatic rings. The van der Waals surface area contributed by atoms with Gasteiger partial charge in [-0.25, -0.2) is 0 Å². The van der Waals surface area contributed by atoms with Crippen molar-refractivity contribution in [3.63, 3.8) is 0 Å². The molecule has 0 aliphatic carbocycles. The van der Waals surface area contributed by atoms with Crippen molar-refractivity contribution >= 4 is 44.8 Å². The number of aliphatic imine (C=N–C) groups is 1. The number of hydrogen-bond donors (Lipinski definition) is 1. The predicted octanol–water partition coefficient (Wildman–Crippen LogP) is 5.39. The summed E-state index contributed by atoms with van der Waals surface area (Å²) in [6, 6.07) is 24.7. The summed E-state index contributed by atoms with van der Waals surface area (Å²) in [6.45, 7) is 0. The van der Waals surface area contributed by atoms with Crippen molar-refractivity contribution in [1.29, 1.82) is 0 Å². The summed E-state index contributed by atoms with van der Waals surface area (Å²) >= 11 is 0. The molecule has 4 rings (SSSR count). The first-order valence-corrected chi connectivity index (χ1v) is 8.65. The summed E-state index contributed by atoms with van der Waals surface area (Å²) in [4.78, 5) is 6.91. The summed E-state index contributed by atoms with van der Waals surface area (Å²) < 4.78 is 0. The standard InChI is InChI=1S/C23H21N3/c1-26(2)23-14-11-16(17-7-3-6-10-20(17)23)15-25-22-13-12-21(24)18-8-4-5-9-19(18)22/h3-15H,24H2,1-2H3. The van der Waals surface area contributed by atoms with Gasteiger partial charge >= 0.3 is 0 Å². The first kappa shape index (κ1) is 16.2. The average Bonchev–Trinajstić information content (AvgIpc) is 2.67. The topological polar surface area (TPSA) is 41.6 Å². The molecule has 4 aromatic carbocycles. The SMILES string of the molecule is CN(C)c1ccc(C=Nc2ccc(N)c3ccccc23)c2ccccc12. The van der Waals surface area contributed by atoms with Crippen LogP contribution < -0.4 is 10.6 Å². The maximum absolute atomic E-state index is 6.10. The van der Waals surface area contributed by atoms with Gasteiger partial charge in [0.15, 0.2) is 0 Å². The maximum Gasteiger partial charge on any atom is 0.0709 e. The van der Waals surface area contributed by atoms with Crippen LogP contribution in [0.25, 0.3) is 21.5 Å². The number of nitrogen functional groups attached to an aromatic ring is 1. The van der Waals surface area contributed by atoms with Crippen LogP contribution in [-0.4, -0.2) is 20.3 Å². The van der Waals surface area contributed by atoms with E-state index < -0.39 is 0 Å². The normalized spacial score (nSPS) is 11.5. The van der Waals surface area contributed by atoms with E-state index in [0.29, 0.717) is 0 Å². The number of anilines is 2. The Labute approximate surface area is 153 Å². The number of hydrogen-bond acceptors (Lipinski definition) is 3. The molecule has 0 unspecified atom stereocenters. The van der Waals surface area contributed by atoms with E-state index in [4.69, 9.17) is 10.7 Å². The molecule has 0 amide bonds. The molecule has 0 radical (unpaired) electrons. The summed E-state index contributed by atoms with van der Waals surface area (Å²) in [5.74, 6) is 0. The molecule has 0 atom stereocenters. The molecule has 0 heterocycles. The zero-order chi connectivity index (χ0) is 18.1. The molecular formula is C23H21N3. The smallest absolute Gasteiger partial charge is 0.0709 e. The molecule has 3 nitrogen and oxygen atoms in total. The fraction of sp³-hybridized carbons (Fsp3) is 0.0870. The number of fused-ring (bicyclic) bond motifs is 2. The van der Waals surface area contributed by atoms with Crippen molar-refractivity contribution in [2.45, 2.75) is 0 Å². The van der Waals surface area contributed by atoms with Crippen molar-refractivity contribution in [2.24, 2.45) is 4.99 Å². The summed E-state index contributed by atoms with van der Waals surface area (Å²) in [5.41, 5.74) is 10.1. The quantitative estimate of drug-likeness (QED) is 0.401. The maximum atomic E-state index is 6.10. The van der Waals surface area contributed by atoms with Crippen molar-refractivity contribution in [3.05, 3.63) is 78.4 Å². The fourth-order valence-electron chi connectivity index (χ4n) is 3.37. The Morgan fingerprint density at radius 1 is 0.731 bits per heavy atom. The molecule has 0 aliphatic rings. The molecule has 0 saturated carbocycles. The molecule has 0 aromatic heterocycles. The van der Waals surface area contributed by atoms with E-state index in [2.05, 4.69) is 61.5 Å². The zero-order valence-corrected chi connectivity index (χ0v) is 15.0. The van der Waals surface area contributed by atoms with E-state index in [-0.39, 0.29) is 0 Å². The van der Waals surface area contributed by atoms with Crippen LogP contribution in [0.3, 0.4) is 0 Å². The van der Waals surface area contributed by atoms with Crippen LogP contribution in [0.4, 0.5) is 17.1 Å². The van der Waals surface area contributed by atoms with Crippen molar-refractivity contribution < 1.29 is 0 Å². The first-order valence-electron chi connectivity index (χ1n) is 8.65. The minimum atomic E-state index is 0.778. The highest BCUT2D eigenvalue weighted by molar-refractivity contribution is 6.07. The molecule has 3 heteroatoms. The van der Waals surface area contributed by atoms with Crippen LogP contribution in [0.2, 0.25) is 0 Å². The molecule has 0 spiro atoms. The van der Waals surface area contributed by atoms with Gasteiger partial charge in [0.2, 0.25) is 0 Å². The van der Waals surface area contributed by atoms with Gasteiger partial charge in [0, 0.05) is 53.4 Å². The average molecular weight is 339 g/mol. The molecule has 0 aliphatic heterocycles. The predicted molar refractivity (Wildman–Crippen MR) is 114 cm³/mol. The van der Waals surface area contributed by atoms with Crippen LogP contribution >= 0.6 is 0 Å². The Morgan fingerprint density at radius 3 is 2.12 bits per heavy atom. The Morgan fingerprint density at radius 2 is 1.38 bits per heavy atom. The second-order valence-electron chi connectivity index (χ2n) is 6.59. The van der Waals surface area contributed by atoms with Gasteiger partial charge in [0.05, 0.1) is 5.69 Å². The molecule has 0 saturated heterocycles. The highest BCUT2D eigenvalue weighted by atomic mass is 15.1. The van der Waals surface area contributed by atoms with Gasteiger partial charge in [-0.05, 0) is 23.6 Å². The number of nitrogens with two attached hydrogens (primary N) is 1. The number of rotatable bonds is 3. The van der Waals surface area contributed by atoms with E-state index in [1.807, 2.05) is 36.5 Å². The van der Waals surface area contributed by atoms with Gasteiger partial charge in [-0.1, -0.05) is 54.6 Å². The zero-order valence-electron chi connectivity index (χ0n) is 15.0. The minimum absolute atomic E-state index is 0.778. The van der Waals surface area contributed by atoms with E-state index in [0.717, 1.165) is 27.7 Å². The Bertz CT molecular complexity index is 1130. The van der Waals surface area contributed by atoms with Gasteiger partial charge < -0.3 is 10.6 Å². The Hall–Kier alpha value is -3.33. The van der Waals surface area contributed by atoms with E-state index in [1.54, 1.807) is 0 Å². The van der Waals surface area contributed by atoms with Gasteiger partial charge in [-0.3, -0.25) is 4.99 Å². The minimum Gasteiger partial charge on any atom is -0.398 e. The van der Waals surface area contributed by atoms with Crippen molar-refractivity contribution in [2.75, 3.05) is 24.7 Å². The molecule has 0 bridgehead atoms. The van der Waals surface area contributed by atoms with Gasteiger partial charge in [0.1, 0.15) is 0 Å². The summed E-state index contributed by atoms with van der Waals surface area (Å²) in [7, 11) is 4.13. The third-order valence-corrected chi connectivity index (χ3v) is 4.69. The van der Waals surface area contributed by atoms with Crippen LogP contribution in [0.15, 0.2) is 77.8 Å². The second kappa shape index (κ2) is 6.52. The first-order chi connectivity index (χ1) is 12.6. The highest BCUT2D eigenvalue weighted by Gasteiger charge is 2.06. The highest BCUT2D eigenvalue weighted by Crippen LogP contribution is 2.31. The lowest BCUT2D eigenvalue weighted by Crippen LogP contribution is -2.09. The van der Waals surface area contributed by atoms with Gasteiger partial charge in [-0.2, -0.15) is 0 Å². The lowest BCUT2D eigenvalue weighted by Gasteiger charge is -2.16. The van der Waals surface area contributed by atoms with E-state index in [1.165, 1.54) is 16.5 Å². The molecular weight excluding hydrogens is 318 g/mol. The molecule has 26 heavy (non-hydrogen) atoms. The van der Waals surface area contributed by atoms with Crippen molar-refractivity contribution in [3.8, 4) is 0 Å². The van der Waals surface area contributed by atoms with Crippen LogP contribution in [-0.2, 0) is 0 Å². The largest absolute Gasteiger partial charge is 0.398 e. The Kier molecular flexibility index (Phi) is 4.05. The van der Waals surface area contributed by atoms with Crippen LogP contribution in [0.5, 0.6) is 0 Å². The van der Waals surface area contributed by atoms with Crippen LogP contribution in [0, 0.1) is 0 Å². The molecule has 128 valence electrons. The van der Waals surface area contributed by atoms with E-state index in [9.17, 15) is 0 Å². The Balaban J connectivity index is 1.84. The van der Waals surface area contributed by atoms with E-state index >= 15 is 0 Å². The third kappa shape index (κ3) is 2.78. The van der Waals surface area contributed by atoms with Gasteiger partial charge in [-0.15, -0.1) is 0 Å². The monoisotopic (exact) mass is 339 g/mol. The number of benzene rings is 4. The molecule has 2 N–H and O–H groups in total. The summed E-state index contributed by atoms with van der Waals surface area (Å²) in [5, 5.41) is 4.53. The number of nitrogens with zero attached hydrogens (tertiary/aromatic N) is 2. The van der Waals surface area contributed by atoms with Gasteiger partial charge in [0.25, 0.3) is 0 Å². The second-order valence-corrected chi connectivity index (χ2v) is 6.59. The fourth-order valence-corrected chi connectivity index (χ4v) is 3.37. The lowest BCUT2D eigenvalue weighted by atomic mass is 10.0. The van der Waals surface area contributed by atoms with Crippen molar-refractivity contribution in [1.82, 2.24) is 0 Å². The van der Waals surface area contributed by atoms with Crippen LogP contribution in [0.1, 0.15) is 5.56 Å². The third-order valence-electron chi connectivity index (χ3n) is 4.69. The molecule has 0 fully saturated rings. The lowest BCUT2D eigenvalue weighted by molar-refractivity contribution is 1.14. The summed E-state index contributed by atoms with van der Waals surface area (Å²) in [6.07, 6.45) is 1.94.